The van der Waals surface area contributed by atoms with Crippen LogP contribution in [0.2, 0.25) is 0 Å². The SMILES string of the molecule is C[C@]12CCC(O)C[C@@H]1CCCC2=O. The van der Waals surface area contributed by atoms with Gasteiger partial charge in [0, 0.05) is 11.8 Å². The summed E-state index contributed by atoms with van der Waals surface area (Å²) in [4.78, 5) is 11.8. The molecule has 2 aliphatic rings. The molecule has 0 aliphatic heterocycles. The molecule has 2 heteroatoms. The average Bonchev–Trinajstić information content (AvgIpc) is 2.09. The zero-order valence-electron chi connectivity index (χ0n) is 8.25. The van der Waals surface area contributed by atoms with Gasteiger partial charge in [0.2, 0.25) is 0 Å². The molecule has 0 spiro atoms. The maximum absolute atomic E-state index is 11.8. The zero-order chi connectivity index (χ0) is 9.47. The van der Waals surface area contributed by atoms with Gasteiger partial charge in [-0.15, -0.1) is 0 Å². The number of Topliss-reactive ketones (excluding diaryl/α,β-unsaturated/α-hetero) is 1. The molecule has 74 valence electrons. The second kappa shape index (κ2) is 3.09. The molecule has 2 nitrogen and oxygen atoms in total. The Morgan fingerprint density at radius 3 is 3.00 bits per heavy atom. The van der Waals surface area contributed by atoms with E-state index in [1.54, 1.807) is 0 Å². The number of hydrogen-bond donors (Lipinski definition) is 1. The van der Waals surface area contributed by atoms with Gasteiger partial charge in [-0.3, -0.25) is 4.79 Å². The first-order valence-corrected chi connectivity index (χ1v) is 5.34. The lowest BCUT2D eigenvalue weighted by molar-refractivity contribution is -0.138. The lowest BCUT2D eigenvalue weighted by atomic mass is 9.59. The van der Waals surface area contributed by atoms with Crippen molar-refractivity contribution >= 4 is 5.78 Å². The summed E-state index contributed by atoms with van der Waals surface area (Å²) in [6.45, 7) is 2.10. The molecule has 0 aromatic rings. The molecule has 13 heavy (non-hydrogen) atoms. The summed E-state index contributed by atoms with van der Waals surface area (Å²) < 4.78 is 0. The average molecular weight is 182 g/mol. The van der Waals surface area contributed by atoms with Gasteiger partial charge in [-0.1, -0.05) is 6.92 Å². The molecule has 2 rings (SSSR count). The van der Waals surface area contributed by atoms with Crippen LogP contribution in [0.3, 0.4) is 0 Å². The second-order valence-electron chi connectivity index (χ2n) is 4.86. The van der Waals surface area contributed by atoms with Crippen molar-refractivity contribution in [1.29, 1.82) is 0 Å². The number of carbonyl (C=O) groups is 1. The molecule has 2 aliphatic carbocycles. The van der Waals surface area contributed by atoms with Crippen LogP contribution in [-0.2, 0) is 4.79 Å². The fourth-order valence-electron chi connectivity index (χ4n) is 2.98. The van der Waals surface area contributed by atoms with Crippen LogP contribution in [0.15, 0.2) is 0 Å². The van der Waals surface area contributed by atoms with Crippen LogP contribution in [0.1, 0.15) is 45.4 Å². The van der Waals surface area contributed by atoms with Crippen LogP contribution < -0.4 is 0 Å². The Balaban J connectivity index is 2.18. The molecule has 0 saturated heterocycles. The Morgan fingerprint density at radius 2 is 2.23 bits per heavy atom. The Hall–Kier alpha value is -0.370. The van der Waals surface area contributed by atoms with Crippen LogP contribution in [0.25, 0.3) is 0 Å². The number of hydrogen-bond acceptors (Lipinski definition) is 2. The second-order valence-corrected chi connectivity index (χ2v) is 4.86. The number of aliphatic hydroxyl groups excluding tert-OH is 1. The van der Waals surface area contributed by atoms with Gasteiger partial charge in [0.15, 0.2) is 0 Å². The van der Waals surface area contributed by atoms with Crippen LogP contribution in [0.5, 0.6) is 0 Å². The van der Waals surface area contributed by atoms with Gasteiger partial charge >= 0.3 is 0 Å². The van der Waals surface area contributed by atoms with Gasteiger partial charge in [0.25, 0.3) is 0 Å². The van der Waals surface area contributed by atoms with Crippen molar-refractivity contribution < 1.29 is 9.90 Å². The van der Waals surface area contributed by atoms with Gasteiger partial charge in [0.1, 0.15) is 5.78 Å². The molecule has 0 bridgehead atoms. The van der Waals surface area contributed by atoms with Crippen molar-refractivity contribution in [1.82, 2.24) is 0 Å². The highest BCUT2D eigenvalue weighted by molar-refractivity contribution is 5.85. The number of ketones is 1. The lowest BCUT2D eigenvalue weighted by Crippen LogP contribution is -2.44. The van der Waals surface area contributed by atoms with E-state index in [0.717, 1.165) is 38.5 Å². The van der Waals surface area contributed by atoms with E-state index in [2.05, 4.69) is 6.92 Å². The van der Waals surface area contributed by atoms with E-state index in [4.69, 9.17) is 0 Å². The minimum atomic E-state index is -0.149. The molecule has 2 fully saturated rings. The van der Waals surface area contributed by atoms with Crippen LogP contribution in [0.4, 0.5) is 0 Å². The maximum Gasteiger partial charge on any atom is 0.139 e. The first kappa shape index (κ1) is 9.20. The van der Waals surface area contributed by atoms with E-state index in [1.807, 2.05) is 0 Å². The third kappa shape index (κ3) is 1.41. The van der Waals surface area contributed by atoms with Gasteiger partial charge < -0.3 is 5.11 Å². The molecule has 2 saturated carbocycles. The topological polar surface area (TPSA) is 37.3 Å². The van der Waals surface area contributed by atoms with Crippen LogP contribution in [-0.4, -0.2) is 17.0 Å². The van der Waals surface area contributed by atoms with Crippen molar-refractivity contribution in [3.05, 3.63) is 0 Å². The van der Waals surface area contributed by atoms with Crippen LogP contribution >= 0.6 is 0 Å². The smallest absolute Gasteiger partial charge is 0.139 e. The van der Waals surface area contributed by atoms with Crippen molar-refractivity contribution in [2.24, 2.45) is 11.3 Å². The minimum absolute atomic E-state index is 0.0858. The van der Waals surface area contributed by atoms with E-state index in [-0.39, 0.29) is 11.5 Å². The zero-order valence-corrected chi connectivity index (χ0v) is 8.25. The largest absolute Gasteiger partial charge is 0.393 e. The van der Waals surface area contributed by atoms with Gasteiger partial charge in [0.05, 0.1) is 6.10 Å². The minimum Gasteiger partial charge on any atom is -0.393 e. The van der Waals surface area contributed by atoms with Crippen LogP contribution in [0, 0.1) is 11.3 Å². The van der Waals surface area contributed by atoms with Crippen molar-refractivity contribution in [3.8, 4) is 0 Å². The molecular weight excluding hydrogens is 164 g/mol. The predicted octanol–water partition coefficient (Wildman–Crippen LogP) is 1.91. The summed E-state index contributed by atoms with van der Waals surface area (Å²) in [5.41, 5.74) is -0.0858. The number of rotatable bonds is 0. The van der Waals surface area contributed by atoms with E-state index in [9.17, 15) is 9.90 Å². The van der Waals surface area contributed by atoms with Gasteiger partial charge in [-0.25, -0.2) is 0 Å². The van der Waals surface area contributed by atoms with E-state index in [1.165, 1.54) is 0 Å². The van der Waals surface area contributed by atoms with Crippen molar-refractivity contribution in [2.75, 3.05) is 0 Å². The number of fused-ring (bicyclic) bond motifs is 1. The molecule has 0 amide bonds. The Morgan fingerprint density at radius 1 is 1.46 bits per heavy atom. The quantitative estimate of drug-likeness (QED) is 0.621. The molecule has 0 heterocycles. The van der Waals surface area contributed by atoms with Gasteiger partial charge in [-0.2, -0.15) is 0 Å². The monoisotopic (exact) mass is 182 g/mol. The lowest BCUT2D eigenvalue weighted by Gasteiger charge is -2.45. The molecule has 3 atom stereocenters. The third-order valence-electron chi connectivity index (χ3n) is 4.05. The molecule has 0 aromatic carbocycles. The highest BCUT2D eigenvalue weighted by Gasteiger charge is 2.46. The van der Waals surface area contributed by atoms with Crippen molar-refractivity contribution in [2.45, 2.75) is 51.6 Å². The Bertz CT molecular complexity index is 224. The van der Waals surface area contributed by atoms with Crippen molar-refractivity contribution in [3.63, 3.8) is 0 Å². The molecule has 0 radical (unpaired) electrons. The summed E-state index contributed by atoms with van der Waals surface area (Å²) in [5, 5.41) is 9.54. The summed E-state index contributed by atoms with van der Waals surface area (Å²) >= 11 is 0. The summed E-state index contributed by atoms with van der Waals surface area (Å²) in [5.74, 6) is 0.896. The first-order valence-electron chi connectivity index (χ1n) is 5.34. The molecule has 0 aromatic heterocycles. The van der Waals surface area contributed by atoms with E-state index >= 15 is 0 Å². The standard InChI is InChI=1S/C11H18O2/c1-11-6-5-9(12)7-8(11)3-2-4-10(11)13/h8-9,12H,2-7H2,1H3/t8-,9?,11-/m0/s1. The first-order chi connectivity index (χ1) is 6.13. The Kier molecular flexibility index (Phi) is 2.18. The molecule has 1 unspecified atom stereocenters. The number of carbonyl (C=O) groups excluding carboxylic acids is 1. The predicted molar refractivity (Wildman–Crippen MR) is 50.3 cm³/mol. The van der Waals surface area contributed by atoms with E-state index < -0.39 is 0 Å². The fourth-order valence-corrected chi connectivity index (χ4v) is 2.98. The highest BCUT2D eigenvalue weighted by atomic mass is 16.3. The number of aliphatic hydroxyl groups is 1. The molecular formula is C11H18O2. The summed E-state index contributed by atoms with van der Waals surface area (Å²) in [7, 11) is 0. The third-order valence-corrected chi connectivity index (χ3v) is 4.05. The van der Waals surface area contributed by atoms with E-state index in [0.29, 0.717) is 11.7 Å². The normalized spacial score (nSPS) is 45.8. The summed E-state index contributed by atoms with van der Waals surface area (Å²) in [6, 6.07) is 0. The highest BCUT2D eigenvalue weighted by Crippen LogP contribution is 2.47. The van der Waals surface area contributed by atoms with Gasteiger partial charge in [-0.05, 0) is 38.0 Å². The fraction of sp³-hybridized carbons (Fsp3) is 0.909. The maximum atomic E-state index is 11.8. The Labute approximate surface area is 79.3 Å². The molecule has 1 N–H and O–H groups in total. The summed E-state index contributed by atoms with van der Waals surface area (Å²) in [6.07, 6.45) is 5.36.